The summed E-state index contributed by atoms with van der Waals surface area (Å²) in [6.45, 7) is 2.12. The normalized spacial score (nSPS) is 17.6. The highest BCUT2D eigenvalue weighted by Gasteiger charge is 2.37. The van der Waals surface area contributed by atoms with E-state index in [2.05, 4.69) is 42.2 Å². The van der Waals surface area contributed by atoms with Crippen LogP contribution in [0, 0.1) is 5.41 Å². The average Bonchev–Trinajstić information content (AvgIpc) is 3.30. The molecular formula is C29H22N4OS. The van der Waals surface area contributed by atoms with Crippen LogP contribution in [0.1, 0.15) is 30.4 Å². The first kappa shape index (κ1) is 21.5. The molecule has 0 radical (unpaired) electrons. The minimum absolute atomic E-state index is 0.0578. The standard InChI is InChI=1S/C29H22N4OS/c1-2-21(18-10-4-3-5-11-18)28-32-33-26(30)25(27(34)31-29(33)35-28)17-24-22-14-8-6-12-19(22)16-20-13-7-9-15-23(20)24/h3-17,21,30H,2H2,1H3/b25-17-,30-26?/t21-/m0/s1. The summed E-state index contributed by atoms with van der Waals surface area (Å²) in [6, 6.07) is 28.6. The number of rotatable bonds is 4. The first-order valence-electron chi connectivity index (χ1n) is 11.6. The SMILES string of the molecule is CC[C@H](C1=NN2C(=N)/C(=C/c3c4ccccc4cc4ccccc34)C(=O)N=C2S1)c1ccccc1. The van der Waals surface area contributed by atoms with Gasteiger partial charge in [0, 0.05) is 5.92 Å². The summed E-state index contributed by atoms with van der Waals surface area (Å²) in [5, 5.41) is 20.7. The van der Waals surface area contributed by atoms with Crippen LogP contribution >= 0.6 is 11.8 Å². The monoisotopic (exact) mass is 474 g/mol. The van der Waals surface area contributed by atoms with Crippen LogP contribution in [-0.2, 0) is 4.79 Å². The van der Waals surface area contributed by atoms with Crippen LogP contribution in [0.4, 0.5) is 0 Å². The van der Waals surface area contributed by atoms with Crippen molar-refractivity contribution >= 4 is 61.3 Å². The molecule has 0 saturated heterocycles. The number of benzene rings is 4. The number of hydrazone groups is 1. The van der Waals surface area contributed by atoms with Gasteiger partial charge in [0.2, 0.25) is 5.17 Å². The van der Waals surface area contributed by atoms with Crippen molar-refractivity contribution in [3.63, 3.8) is 0 Å². The number of nitrogens with zero attached hydrogens (tertiary/aromatic N) is 3. The van der Waals surface area contributed by atoms with Crippen molar-refractivity contribution in [3.05, 3.63) is 102 Å². The summed E-state index contributed by atoms with van der Waals surface area (Å²) < 4.78 is 0. The van der Waals surface area contributed by atoms with E-state index < -0.39 is 5.91 Å². The van der Waals surface area contributed by atoms with Crippen LogP contribution in [-0.4, -0.2) is 27.0 Å². The third kappa shape index (κ3) is 3.67. The van der Waals surface area contributed by atoms with Crippen molar-refractivity contribution in [2.45, 2.75) is 19.3 Å². The molecule has 6 rings (SSSR count). The first-order valence-corrected chi connectivity index (χ1v) is 12.4. The molecule has 0 bridgehead atoms. The Morgan fingerprint density at radius 1 is 0.943 bits per heavy atom. The molecule has 0 spiro atoms. The number of amides is 1. The Morgan fingerprint density at radius 3 is 2.23 bits per heavy atom. The molecule has 1 amide bonds. The van der Waals surface area contributed by atoms with Crippen molar-refractivity contribution in [1.29, 1.82) is 5.41 Å². The Kier molecular flexibility index (Phi) is 5.30. The Morgan fingerprint density at radius 2 is 1.57 bits per heavy atom. The molecule has 2 aliphatic rings. The number of hydrogen-bond donors (Lipinski definition) is 1. The Balaban J connectivity index is 1.45. The molecule has 0 aliphatic carbocycles. The van der Waals surface area contributed by atoms with E-state index in [0.717, 1.165) is 44.1 Å². The molecule has 0 aromatic heterocycles. The van der Waals surface area contributed by atoms with E-state index in [4.69, 9.17) is 10.5 Å². The summed E-state index contributed by atoms with van der Waals surface area (Å²) in [7, 11) is 0. The van der Waals surface area contributed by atoms with Crippen molar-refractivity contribution in [3.8, 4) is 0 Å². The lowest BCUT2D eigenvalue weighted by molar-refractivity contribution is -0.114. The molecule has 2 aliphatic heterocycles. The number of amidine groups is 2. The maximum atomic E-state index is 13.2. The van der Waals surface area contributed by atoms with Crippen LogP contribution in [0.15, 0.2) is 101 Å². The molecule has 4 aromatic rings. The number of hydrogen-bond acceptors (Lipinski definition) is 4. The number of fused-ring (bicyclic) bond motifs is 3. The maximum Gasteiger partial charge on any atom is 0.283 e. The first-order chi connectivity index (χ1) is 17.1. The van der Waals surface area contributed by atoms with Gasteiger partial charge in [-0.25, -0.2) is 0 Å². The number of thioether (sulfide) groups is 1. The van der Waals surface area contributed by atoms with Gasteiger partial charge in [-0.1, -0.05) is 85.8 Å². The zero-order valence-electron chi connectivity index (χ0n) is 19.1. The van der Waals surface area contributed by atoms with E-state index in [1.807, 2.05) is 60.7 Å². The average molecular weight is 475 g/mol. The minimum atomic E-state index is -0.407. The van der Waals surface area contributed by atoms with Gasteiger partial charge in [-0.15, -0.1) is 0 Å². The second kappa shape index (κ2) is 8.64. The van der Waals surface area contributed by atoms with Gasteiger partial charge >= 0.3 is 0 Å². The Labute approximate surface area is 207 Å². The van der Waals surface area contributed by atoms with E-state index in [0.29, 0.717) is 5.17 Å². The minimum Gasteiger partial charge on any atom is -0.282 e. The predicted octanol–water partition coefficient (Wildman–Crippen LogP) is 6.81. The number of nitrogens with one attached hydrogen (secondary N) is 1. The van der Waals surface area contributed by atoms with Gasteiger partial charge in [0.05, 0.1) is 5.57 Å². The molecule has 0 saturated carbocycles. The fraction of sp³-hybridized carbons (Fsp3) is 0.103. The van der Waals surface area contributed by atoms with Gasteiger partial charge in [0.15, 0.2) is 5.84 Å². The summed E-state index contributed by atoms with van der Waals surface area (Å²) >= 11 is 1.38. The fourth-order valence-corrected chi connectivity index (χ4v) is 5.84. The predicted molar refractivity (Wildman–Crippen MR) is 146 cm³/mol. The highest BCUT2D eigenvalue weighted by Crippen LogP contribution is 2.37. The van der Waals surface area contributed by atoms with Gasteiger partial charge in [0.25, 0.3) is 5.91 Å². The Bertz CT molecular complexity index is 1550. The molecular weight excluding hydrogens is 452 g/mol. The molecule has 4 aromatic carbocycles. The third-order valence-electron chi connectivity index (χ3n) is 6.48. The van der Waals surface area contributed by atoms with Crippen molar-refractivity contribution < 1.29 is 4.79 Å². The van der Waals surface area contributed by atoms with Crippen LogP contribution in [0.5, 0.6) is 0 Å². The summed E-state index contributed by atoms with van der Waals surface area (Å²) in [6.07, 6.45) is 2.67. The molecule has 6 heteroatoms. The summed E-state index contributed by atoms with van der Waals surface area (Å²) in [5.74, 6) is -0.260. The van der Waals surface area contributed by atoms with E-state index in [1.165, 1.54) is 16.8 Å². The lowest BCUT2D eigenvalue weighted by Crippen LogP contribution is -2.35. The van der Waals surface area contributed by atoms with Crippen molar-refractivity contribution in [1.82, 2.24) is 5.01 Å². The fourth-order valence-electron chi connectivity index (χ4n) is 4.73. The lowest BCUT2D eigenvalue weighted by atomic mass is 9.95. The molecule has 170 valence electrons. The highest BCUT2D eigenvalue weighted by atomic mass is 32.2. The quantitative estimate of drug-likeness (QED) is 0.261. The van der Waals surface area contributed by atoms with E-state index in [-0.39, 0.29) is 17.3 Å². The van der Waals surface area contributed by atoms with Crippen LogP contribution in [0.25, 0.3) is 27.6 Å². The molecule has 35 heavy (non-hydrogen) atoms. The van der Waals surface area contributed by atoms with Gasteiger partial charge in [-0.2, -0.15) is 15.1 Å². The molecule has 2 heterocycles. The Hall–Kier alpha value is -4.03. The molecule has 0 fully saturated rings. The van der Waals surface area contributed by atoms with Crippen LogP contribution in [0.2, 0.25) is 0 Å². The highest BCUT2D eigenvalue weighted by molar-refractivity contribution is 8.27. The zero-order chi connectivity index (χ0) is 23.9. The number of carbonyl (C=O) groups is 1. The van der Waals surface area contributed by atoms with E-state index in [9.17, 15) is 4.79 Å². The second-order valence-electron chi connectivity index (χ2n) is 8.56. The van der Waals surface area contributed by atoms with Crippen LogP contribution in [0.3, 0.4) is 0 Å². The van der Waals surface area contributed by atoms with Gasteiger partial charge in [0.1, 0.15) is 5.04 Å². The van der Waals surface area contributed by atoms with Crippen molar-refractivity contribution in [2.75, 3.05) is 0 Å². The zero-order valence-corrected chi connectivity index (χ0v) is 19.9. The summed E-state index contributed by atoms with van der Waals surface area (Å²) in [4.78, 5) is 17.5. The van der Waals surface area contributed by atoms with Gasteiger partial charge < -0.3 is 0 Å². The smallest absolute Gasteiger partial charge is 0.282 e. The number of aliphatic imine (C=N–C) groups is 1. The largest absolute Gasteiger partial charge is 0.283 e. The van der Waals surface area contributed by atoms with Gasteiger partial charge in [-0.05, 0) is 63.0 Å². The lowest BCUT2D eigenvalue weighted by Gasteiger charge is -2.20. The molecule has 0 unspecified atom stereocenters. The second-order valence-corrected chi connectivity index (χ2v) is 9.55. The molecule has 5 nitrogen and oxygen atoms in total. The summed E-state index contributed by atoms with van der Waals surface area (Å²) in [5.41, 5.74) is 2.32. The molecule has 1 atom stereocenters. The molecule has 1 N–H and O–H groups in total. The van der Waals surface area contributed by atoms with E-state index in [1.54, 1.807) is 0 Å². The third-order valence-corrected chi connectivity index (χ3v) is 7.50. The maximum absolute atomic E-state index is 13.2. The van der Waals surface area contributed by atoms with Gasteiger partial charge in [-0.3, -0.25) is 10.2 Å². The number of carbonyl (C=O) groups excluding carboxylic acids is 1. The van der Waals surface area contributed by atoms with Crippen LogP contribution < -0.4 is 0 Å². The van der Waals surface area contributed by atoms with Crippen molar-refractivity contribution in [2.24, 2.45) is 10.1 Å². The topological polar surface area (TPSA) is 68.9 Å². The van der Waals surface area contributed by atoms with E-state index >= 15 is 0 Å².